The van der Waals surface area contributed by atoms with Gasteiger partial charge in [-0.2, -0.15) is 0 Å². The van der Waals surface area contributed by atoms with Crippen LogP contribution in [0.1, 0.15) is 36.5 Å². The average molecular weight is 273 g/mol. The van der Waals surface area contributed by atoms with Crippen molar-refractivity contribution in [3.8, 4) is 11.5 Å². The Morgan fingerprint density at radius 1 is 1.05 bits per heavy atom. The fraction of sp³-hybridized carbons (Fsp3) is 0.294. The summed E-state index contributed by atoms with van der Waals surface area (Å²) < 4.78 is 19.1. The zero-order chi connectivity index (χ0) is 14.9. The lowest BCUT2D eigenvalue weighted by Crippen LogP contribution is -1.97. The molecule has 0 spiro atoms. The van der Waals surface area contributed by atoms with E-state index in [1.807, 2.05) is 12.1 Å². The van der Waals surface area contributed by atoms with Crippen LogP contribution in [0, 0.1) is 19.7 Å². The van der Waals surface area contributed by atoms with Gasteiger partial charge in [0, 0.05) is 6.07 Å². The van der Waals surface area contributed by atoms with Gasteiger partial charge in [-0.25, -0.2) is 4.39 Å². The van der Waals surface area contributed by atoms with Crippen molar-refractivity contribution < 1.29 is 9.13 Å². The Balaban J connectivity index is 2.31. The Bertz CT molecular complexity index is 635. The molecule has 106 valence electrons. The highest BCUT2D eigenvalue weighted by atomic mass is 19.1. The van der Waals surface area contributed by atoms with E-state index in [4.69, 9.17) is 10.5 Å². The lowest BCUT2D eigenvalue weighted by Gasteiger charge is -2.14. The summed E-state index contributed by atoms with van der Waals surface area (Å²) in [5, 5.41) is 0. The van der Waals surface area contributed by atoms with Crippen LogP contribution in [0.4, 0.5) is 10.1 Å². The number of benzene rings is 2. The predicted octanol–water partition coefficient (Wildman–Crippen LogP) is 4.94. The fourth-order valence-electron chi connectivity index (χ4n) is 2.25. The summed E-state index contributed by atoms with van der Waals surface area (Å²) in [6.07, 6.45) is 0. The van der Waals surface area contributed by atoms with Gasteiger partial charge in [0.1, 0.15) is 11.6 Å². The van der Waals surface area contributed by atoms with Crippen LogP contribution in [0.25, 0.3) is 0 Å². The third-order valence-corrected chi connectivity index (χ3v) is 3.38. The van der Waals surface area contributed by atoms with E-state index in [1.54, 1.807) is 13.0 Å². The van der Waals surface area contributed by atoms with Gasteiger partial charge in [0.25, 0.3) is 0 Å². The van der Waals surface area contributed by atoms with Gasteiger partial charge >= 0.3 is 0 Å². The van der Waals surface area contributed by atoms with Gasteiger partial charge in [0.15, 0.2) is 5.75 Å². The third kappa shape index (κ3) is 2.93. The highest BCUT2D eigenvalue weighted by Gasteiger charge is 2.09. The molecule has 20 heavy (non-hydrogen) atoms. The van der Waals surface area contributed by atoms with E-state index in [-0.39, 0.29) is 5.82 Å². The van der Waals surface area contributed by atoms with Crippen LogP contribution in [0.5, 0.6) is 11.5 Å². The highest BCUT2D eigenvalue weighted by Crippen LogP contribution is 2.31. The van der Waals surface area contributed by atoms with Crippen LogP contribution in [-0.2, 0) is 0 Å². The third-order valence-electron chi connectivity index (χ3n) is 3.38. The van der Waals surface area contributed by atoms with Gasteiger partial charge in [-0.05, 0) is 54.7 Å². The molecule has 0 heterocycles. The molecule has 2 nitrogen and oxygen atoms in total. The maximum atomic E-state index is 13.4. The van der Waals surface area contributed by atoms with Crippen molar-refractivity contribution in [1.82, 2.24) is 0 Å². The van der Waals surface area contributed by atoms with Crippen LogP contribution in [0.15, 0.2) is 30.3 Å². The van der Waals surface area contributed by atoms with E-state index >= 15 is 0 Å². The van der Waals surface area contributed by atoms with E-state index < -0.39 is 0 Å². The minimum absolute atomic E-state index is 0.304. The molecule has 3 heteroatoms. The molecule has 0 aliphatic heterocycles. The van der Waals surface area contributed by atoms with Crippen molar-refractivity contribution >= 4 is 5.69 Å². The van der Waals surface area contributed by atoms with Crippen molar-refractivity contribution in [2.45, 2.75) is 33.6 Å². The highest BCUT2D eigenvalue weighted by molar-refractivity contribution is 5.56. The molecule has 2 aromatic carbocycles. The summed E-state index contributed by atoms with van der Waals surface area (Å²) in [5.41, 5.74) is 9.08. The SMILES string of the molecule is Cc1cc(Oc2ccc(C(C)C)c(C)c2)c(N)cc1F. The molecule has 0 aliphatic carbocycles. The van der Waals surface area contributed by atoms with Crippen LogP contribution < -0.4 is 10.5 Å². The molecule has 0 fully saturated rings. The summed E-state index contributed by atoms with van der Waals surface area (Å²) in [6.45, 7) is 8.06. The topological polar surface area (TPSA) is 35.2 Å². The number of rotatable bonds is 3. The summed E-state index contributed by atoms with van der Waals surface area (Å²) in [7, 11) is 0. The molecule has 0 atom stereocenters. The number of hydrogen-bond acceptors (Lipinski definition) is 2. The van der Waals surface area contributed by atoms with Crippen molar-refractivity contribution in [3.63, 3.8) is 0 Å². The monoisotopic (exact) mass is 273 g/mol. The maximum Gasteiger partial charge on any atom is 0.150 e. The number of ether oxygens (including phenoxy) is 1. The molecule has 0 unspecified atom stereocenters. The number of nitrogen functional groups attached to an aromatic ring is 1. The first kappa shape index (κ1) is 14.4. The molecule has 0 aromatic heterocycles. The van der Waals surface area contributed by atoms with Crippen LogP contribution in [0.3, 0.4) is 0 Å². The molecular formula is C17H20FNO. The number of aryl methyl sites for hydroxylation is 2. The molecule has 2 aromatic rings. The Morgan fingerprint density at radius 3 is 2.35 bits per heavy atom. The van der Waals surface area contributed by atoms with E-state index in [9.17, 15) is 4.39 Å². The predicted molar refractivity (Wildman–Crippen MR) is 80.9 cm³/mol. The van der Waals surface area contributed by atoms with Crippen LogP contribution in [0.2, 0.25) is 0 Å². The number of nitrogens with two attached hydrogens (primary N) is 1. The molecule has 0 radical (unpaired) electrons. The molecule has 0 saturated heterocycles. The Morgan fingerprint density at radius 2 is 1.75 bits per heavy atom. The molecule has 2 rings (SSSR count). The Labute approximate surface area is 119 Å². The second-order valence-corrected chi connectivity index (χ2v) is 5.41. The number of anilines is 1. The van der Waals surface area contributed by atoms with Crippen molar-refractivity contribution in [2.75, 3.05) is 5.73 Å². The zero-order valence-corrected chi connectivity index (χ0v) is 12.3. The van der Waals surface area contributed by atoms with Crippen molar-refractivity contribution in [1.29, 1.82) is 0 Å². The Hall–Kier alpha value is -2.03. The summed E-state index contributed by atoms with van der Waals surface area (Å²) in [4.78, 5) is 0. The smallest absolute Gasteiger partial charge is 0.150 e. The minimum atomic E-state index is -0.318. The number of halogens is 1. The molecule has 0 amide bonds. The average Bonchev–Trinajstić information content (AvgIpc) is 2.35. The lowest BCUT2D eigenvalue weighted by atomic mass is 9.98. The Kier molecular flexibility index (Phi) is 3.98. The van der Waals surface area contributed by atoms with E-state index in [0.717, 1.165) is 0 Å². The molecule has 0 saturated carbocycles. The molecule has 2 N–H and O–H groups in total. The van der Waals surface area contributed by atoms with E-state index in [0.29, 0.717) is 28.7 Å². The lowest BCUT2D eigenvalue weighted by molar-refractivity contribution is 0.481. The van der Waals surface area contributed by atoms with Crippen LogP contribution >= 0.6 is 0 Å². The molecule has 0 aliphatic rings. The first-order valence-corrected chi connectivity index (χ1v) is 6.72. The number of hydrogen-bond donors (Lipinski definition) is 1. The summed E-state index contributed by atoms with van der Waals surface area (Å²) in [6, 6.07) is 8.87. The van der Waals surface area contributed by atoms with E-state index in [2.05, 4.69) is 26.8 Å². The van der Waals surface area contributed by atoms with Crippen molar-refractivity contribution in [3.05, 3.63) is 52.8 Å². The largest absolute Gasteiger partial charge is 0.455 e. The first-order valence-electron chi connectivity index (χ1n) is 6.72. The van der Waals surface area contributed by atoms with E-state index in [1.165, 1.54) is 17.2 Å². The van der Waals surface area contributed by atoms with Gasteiger partial charge in [-0.3, -0.25) is 0 Å². The zero-order valence-electron chi connectivity index (χ0n) is 12.3. The summed E-state index contributed by atoms with van der Waals surface area (Å²) in [5.74, 6) is 1.36. The quantitative estimate of drug-likeness (QED) is 0.804. The summed E-state index contributed by atoms with van der Waals surface area (Å²) >= 11 is 0. The molecular weight excluding hydrogens is 253 g/mol. The fourth-order valence-corrected chi connectivity index (χ4v) is 2.25. The first-order chi connectivity index (χ1) is 9.38. The normalized spacial score (nSPS) is 10.9. The molecule has 0 bridgehead atoms. The van der Waals surface area contributed by atoms with Gasteiger partial charge in [0.2, 0.25) is 0 Å². The van der Waals surface area contributed by atoms with Gasteiger partial charge < -0.3 is 10.5 Å². The van der Waals surface area contributed by atoms with Gasteiger partial charge in [0.05, 0.1) is 5.69 Å². The van der Waals surface area contributed by atoms with Gasteiger partial charge in [-0.15, -0.1) is 0 Å². The maximum absolute atomic E-state index is 13.4. The van der Waals surface area contributed by atoms with Crippen molar-refractivity contribution in [2.24, 2.45) is 0 Å². The standard InChI is InChI=1S/C17H20FNO/c1-10(2)14-6-5-13(7-11(14)3)20-17-8-12(4)15(18)9-16(17)19/h5-10H,19H2,1-4H3. The van der Waals surface area contributed by atoms with Crippen LogP contribution in [-0.4, -0.2) is 0 Å². The second kappa shape index (κ2) is 5.53. The second-order valence-electron chi connectivity index (χ2n) is 5.41. The van der Waals surface area contributed by atoms with Gasteiger partial charge in [-0.1, -0.05) is 19.9 Å². The minimum Gasteiger partial charge on any atom is -0.455 e.